The maximum Gasteiger partial charge on any atom is 0.268 e. The molecule has 0 aliphatic carbocycles. The molecule has 8 nitrogen and oxygen atoms in total. The molecule has 0 atom stereocenters. The molecule has 0 bridgehead atoms. The molecular weight excluding hydrogens is 356 g/mol. The number of rotatable bonds is 4. The van der Waals surface area contributed by atoms with Gasteiger partial charge in [0.05, 0.1) is 17.6 Å². The summed E-state index contributed by atoms with van der Waals surface area (Å²) in [6, 6.07) is 12.3. The normalized spacial score (nSPS) is 10.6. The van der Waals surface area contributed by atoms with E-state index in [0.29, 0.717) is 16.9 Å². The van der Waals surface area contributed by atoms with E-state index in [1.165, 1.54) is 10.9 Å². The summed E-state index contributed by atoms with van der Waals surface area (Å²) in [5, 5.41) is 6.83. The first-order chi connectivity index (χ1) is 13.6. The molecule has 0 saturated heterocycles. The highest BCUT2D eigenvalue weighted by Crippen LogP contribution is 2.14. The van der Waals surface area contributed by atoms with Crippen LogP contribution in [-0.2, 0) is 0 Å². The Bertz CT molecular complexity index is 1170. The lowest BCUT2D eigenvalue weighted by Crippen LogP contribution is -2.29. The Labute approximate surface area is 160 Å². The van der Waals surface area contributed by atoms with Crippen molar-refractivity contribution < 1.29 is 4.79 Å². The Kier molecular flexibility index (Phi) is 4.51. The first-order valence-corrected chi connectivity index (χ1v) is 8.52. The molecule has 3 heterocycles. The van der Waals surface area contributed by atoms with Crippen molar-refractivity contribution in [1.29, 1.82) is 0 Å². The van der Waals surface area contributed by atoms with Gasteiger partial charge in [-0.15, -0.1) is 0 Å². The fraction of sp³-hybridized carbons (Fsp3) is 0.0500. The number of nitrogens with one attached hydrogen (secondary N) is 1. The second kappa shape index (κ2) is 7.28. The van der Waals surface area contributed by atoms with Gasteiger partial charge in [0.1, 0.15) is 18.2 Å². The highest BCUT2D eigenvalue weighted by molar-refractivity contribution is 6.05. The molecule has 0 aliphatic rings. The van der Waals surface area contributed by atoms with Gasteiger partial charge in [0.15, 0.2) is 0 Å². The molecule has 1 aromatic carbocycles. The van der Waals surface area contributed by atoms with Crippen LogP contribution in [0.1, 0.15) is 15.9 Å². The number of benzene rings is 1. The van der Waals surface area contributed by atoms with E-state index in [1.54, 1.807) is 79.0 Å². The average molecular weight is 372 g/mol. The summed E-state index contributed by atoms with van der Waals surface area (Å²) in [5.74, 6) is -0.464. The number of nitrogens with zero attached hydrogens (tertiary/aromatic N) is 5. The first-order valence-electron chi connectivity index (χ1n) is 8.52. The zero-order valence-corrected chi connectivity index (χ0v) is 15.0. The third kappa shape index (κ3) is 3.30. The molecule has 0 radical (unpaired) electrons. The van der Waals surface area contributed by atoms with Gasteiger partial charge < -0.3 is 5.32 Å². The van der Waals surface area contributed by atoms with Crippen molar-refractivity contribution in [2.75, 3.05) is 5.32 Å². The monoisotopic (exact) mass is 372 g/mol. The van der Waals surface area contributed by atoms with Crippen LogP contribution in [0, 0.1) is 6.92 Å². The summed E-state index contributed by atoms with van der Waals surface area (Å²) in [5.41, 5.74) is 2.27. The average Bonchev–Trinajstić information content (AvgIpc) is 3.24. The van der Waals surface area contributed by atoms with Crippen molar-refractivity contribution in [2.24, 2.45) is 0 Å². The van der Waals surface area contributed by atoms with E-state index in [9.17, 15) is 9.59 Å². The lowest BCUT2D eigenvalue weighted by Gasteiger charge is -2.11. The van der Waals surface area contributed by atoms with Crippen molar-refractivity contribution in [1.82, 2.24) is 24.3 Å². The quantitative estimate of drug-likeness (QED) is 0.593. The lowest BCUT2D eigenvalue weighted by atomic mass is 10.1. The molecule has 4 rings (SSSR count). The summed E-state index contributed by atoms with van der Waals surface area (Å²) in [6.45, 7) is 1.73. The summed E-state index contributed by atoms with van der Waals surface area (Å²) in [7, 11) is 0. The molecule has 1 amide bonds. The molecule has 0 fully saturated rings. The zero-order valence-electron chi connectivity index (χ0n) is 15.0. The van der Waals surface area contributed by atoms with Gasteiger partial charge in [-0.25, -0.2) is 9.67 Å². The summed E-state index contributed by atoms with van der Waals surface area (Å²) in [4.78, 5) is 33.6. The topological polar surface area (TPSA) is 94.7 Å². The Morgan fingerprint density at radius 2 is 1.86 bits per heavy atom. The highest BCUT2D eigenvalue weighted by Gasteiger charge is 2.17. The van der Waals surface area contributed by atoms with Gasteiger partial charge in [0.2, 0.25) is 0 Å². The number of carbonyl (C=O) groups excluding carboxylic acids is 1. The van der Waals surface area contributed by atoms with Crippen LogP contribution in [0.2, 0.25) is 0 Å². The molecule has 0 unspecified atom stereocenters. The van der Waals surface area contributed by atoms with E-state index in [-0.39, 0.29) is 5.56 Å². The zero-order chi connectivity index (χ0) is 19.5. The SMILES string of the molecule is Cc1ccn(-c2cccnc2)c(=O)c1C(=O)Nc1ccc(-n2cncn2)cc1. The number of hydrogen-bond acceptors (Lipinski definition) is 5. The maximum absolute atomic E-state index is 12.9. The molecule has 0 spiro atoms. The molecule has 3 aromatic heterocycles. The van der Waals surface area contributed by atoms with Crippen LogP contribution in [-0.4, -0.2) is 30.2 Å². The fourth-order valence-electron chi connectivity index (χ4n) is 2.83. The lowest BCUT2D eigenvalue weighted by molar-refractivity contribution is 0.102. The van der Waals surface area contributed by atoms with E-state index < -0.39 is 11.5 Å². The number of hydrogen-bond donors (Lipinski definition) is 1. The van der Waals surface area contributed by atoms with Crippen molar-refractivity contribution in [3.8, 4) is 11.4 Å². The minimum atomic E-state index is -0.464. The molecule has 8 heteroatoms. The number of pyridine rings is 2. The molecule has 0 saturated carbocycles. The summed E-state index contributed by atoms with van der Waals surface area (Å²) >= 11 is 0. The summed E-state index contributed by atoms with van der Waals surface area (Å²) < 4.78 is 3.02. The molecule has 138 valence electrons. The van der Waals surface area contributed by atoms with Gasteiger partial charge in [-0.3, -0.25) is 19.1 Å². The van der Waals surface area contributed by atoms with Crippen LogP contribution in [0.15, 0.2) is 78.5 Å². The van der Waals surface area contributed by atoms with E-state index in [1.807, 2.05) is 0 Å². The van der Waals surface area contributed by atoms with Gasteiger partial charge >= 0.3 is 0 Å². The van der Waals surface area contributed by atoms with Gasteiger partial charge in [0, 0.05) is 18.1 Å². The minimum Gasteiger partial charge on any atom is -0.322 e. The van der Waals surface area contributed by atoms with Crippen LogP contribution >= 0.6 is 0 Å². The standard InChI is InChI=1S/C20H16N6O2/c1-14-8-10-25(17-3-2-9-21-11-17)20(28)18(14)19(27)24-15-4-6-16(7-5-15)26-13-22-12-23-26/h2-13H,1H3,(H,24,27). The van der Waals surface area contributed by atoms with Crippen molar-refractivity contribution >= 4 is 11.6 Å². The van der Waals surface area contributed by atoms with Crippen LogP contribution in [0.25, 0.3) is 11.4 Å². The third-order valence-electron chi connectivity index (χ3n) is 4.26. The Balaban J connectivity index is 1.62. The molecule has 1 N–H and O–H groups in total. The van der Waals surface area contributed by atoms with Crippen LogP contribution < -0.4 is 10.9 Å². The largest absolute Gasteiger partial charge is 0.322 e. The van der Waals surface area contributed by atoms with Crippen LogP contribution in [0.5, 0.6) is 0 Å². The van der Waals surface area contributed by atoms with Gasteiger partial charge in [-0.1, -0.05) is 0 Å². The Morgan fingerprint density at radius 3 is 2.54 bits per heavy atom. The number of anilines is 1. The second-order valence-electron chi connectivity index (χ2n) is 6.10. The predicted octanol–water partition coefficient (Wildman–Crippen LogP) is 2.37. The van der Waals surface area contributed by atoms with E-state index in [4.69, 9.17) is 0 Å². The second-order valence-corrected chi connectivity index (χ2v) is 6.10. The highest BCUT2D eigenvalue weighted by atomic mass is 16.2. The van der Waals surface area contributed by atoms with E-state index in [2.05, 4.69) is 20.4 Å². The smallest absolute Gasteiger partial charge is 0.268 e. The molecule has 0 aliphatic heterocycles. The Hall–Kier alpha value is -4.07. The summed E-state index contributed by atoms with van der Waals surface area (Å²) in [6.07, 6.45) is 7.86. The van der Waals surface area contributed by atoms with Gasteiger partial charge in [-0.05, 0) is 55.0 Å². The molecule has 4 aromatic rings. The van der Waals surface area contributed by atoms with Crippen molar-refractivity contribution in [3.63, 3.8) is 0 Å². The fourth-order valence-corrected chi connectivity index (χ4v) is 2.83. The molecular formula is C20H16N6O2. The van der Waals surface area contributed by atoms with E-state index >= 15 is 0 Å². The van der Waals surface area contributed by atoms with Crippen molar-refractivity contribution in [2.45, 2.75) is 6.92 Å². The minimum absolute atomic E-state index is 0.0895. The van der Waals surface area contributed by atoms with Gasteiger partial charge in [0.25, 0.3) is 11.5 Å². The molecule has 28 heavy (non-hydrogen) atoms. The maximum atomic E-state index is 12.9. The van der Waals surface area contributed by atoms with Crippen LogP contribution in [0.4, 0.5) is 5.69 Å². The van der Waals surface area contributed by atoms with Gasteiger partial charge in [-0.2, -0.15) is 5.10 Å². The Morgan fingerprint density at radius 1 is 1.04 bits per heavy atom. The van der Waals surface area contributed by atoms with E-state index in [0.717, 1.165) is 5.69 Å². The van der Waals surface area contributed by atoms with Crippen LogP contribution in [0.3, 0.4) is 0 Å². The number of amides is 1. The predicted molar refractivity (Wildman–Crippen MR) is 104 cm³/mol. The number of aryl methyl sites for hydroxylation is 1. The third-order valence-corrected chi connectivity index (χ3v) is 4.26. The van der Waals surface area contributed by atoms with Crippen molar-refractivity contribution in [3.05, 3.63) is 95.2 Å². The first kappa shape index (κ1) is 17.3. The number of carbonyl (C=O) groups is 1. The number of aromatic nitrogens is 5.